The molecule has 0 aliphatic heterocycles. The molecule has 0 radical (unpaired) electrons. The van der Waals surface area contributed by atoms with Crippen LogP contribution in [0.1, 0.15) is 16.8 Å². The van der Waals surface area contributed by atoms with E-state index < -0.39 is 5.56 Å². The van der Waals surface area contributed by atoms with Gasteiger partial charge in [0.05, 0.1) is 5.75 Å². The lowest BCUT2D eigenvalue weighted by atomic mass is 10.1. The number of hydrogen-bond acceptors (Lipinski definition) is 6. The summed E-state index contributed by atoms with van der Waals surface area (Å²) < 4.78 is 0.918. The molecule has 0 fully saturated rings. The van der Waals surface area contributed by atoms with Gasteiger partial charge in [-0.2, -0.15) is 4.68 Å². The molecule has 1 heterocycles. The average Bonchev–Trinajstić information content (AvgIpc) is 2.53. The van der Waals surface area contributed by atoms with Gasteiger partial charge >= 0.3 is 0 Å². The number of aryl methyl sites for hydroxylation is 2. The molecule has 0 unspecified atom stereocenters. The summed E-state index contributed by atoms with van der Waals surface area (Å²) in [6.07, 6.45) is 0. The monoisotopic (exact) mass is 333 g/mol. The maximum absolute atomic E-state index is 12.2. The molecule has 2 aromatic rings. The third-order valence-electron chi connectivity index (χ3n) is 3.44. The largest absolute Gasteiger partial charge is 0.341 e. The van der Waals surface area contributed by atoms with Crippen molar-refractivity contribution in [2.45, 2.75) is 25.5 Å². The zero-order chi connectivity index (χ0) is 17.0. The first kappa shape index (κ1) is 17.0. The highest BCUT2D eigenvalue weighted by molar-refractivity contribution is 7.99. The SMILES string of the molecule is Cc1ccccc1CN(C)C(=O)CSc1nnc(C)c(=O)n1N. The van der Waals surface area contributed by atoms with E-state index >= 15 is 0 Å². The van der Waals surface area contributed by atoms with Crippen LogP contribution in [0.2, 0.25) is 0 Å². The summed E-state index contributed by atoms with van der Waals surface area (Å²) in [4.78, 5) is 25.5. The van der Waals surface area contributed by atoms with Gasteiger partial charge in [0.15, 0.2) is 0 Å². The van der Waals surface area contributed by atoms with E-state index in [1.807, 2.05) is 31.2 Å². The Hall–Kier alpha value is -2.35. The van der Waals surface area contributed by atoms with Crippen molar-refractivity contribution >= 4 is 17.7 Å². The molecule has 0 bridgehead atoms. The van der Waals surface area contributed by atoms with Crippen LogP contribution in [0.15, 0.2) is 34.2 Å². The zero-order valence-corrected chi connectivity index (χ0v) is 14.1. The van der Waals surface area contributed by atoms with Gasteiger partial charge in [0.2, 0.25) is 11.1 Å². The summed E-state index contributed by atoms with van der Waals surface area (Å²) in [6.45, 7) is 4.08. The number of aromatic nitrogens is 3. The van der Waals surface area contributed by atoms with E-state index in [0.717, 1.165) is 27.6 Å². The lowest BCUT2D eigenvalue weighted by Gasteiger charge is -2.18. The Morgan fingerprint density at radius 3 is 2.70 bits per heavy atom. The van der Waals surface area contributed by atoms with E-state index in [4.69, 9.17) is 5.84 Å². The van der Waals surface area contributed by atoms with Crippen LogP contribution in [0.5, 0.6) is 0 Å². The number of benzene rings is 1. The molecule has 0 spiro atoms. The molecule has 1 aromatic carbocycles. The summed E-state index contributed by atoms with van der Waals surface area (Å²) in [5.74, 6) is 5.70. The quantitative estimate of drug-likeness (QED) is 0.640. The van der Waals surface area contributed by atoms with Crippen molar-refractivity contribution in [1.82, 2.24) is 19.8 Å². The summed E-state index contributed by atoms with van der Waals surface area (Å²) >= 11 is 1.09. The molecule has 0 saturated carbocycles. The smallest absolute Gasteiger partial charge is 0.294 e. The topological polar surface area (TPSA) is 94.1 Å². The van der Waals surface area contributed by atoms with E-state index in [9.17, 15) is 9.59 Å². The van der Waals surface area contributed by atoms with Crippen molar-refractivity contribution in [2.24, 2.45) is 0 Å². The number of carbonyl (C=O) groups is 1. The molecule has 23 heavy (non-hydrogen) atoms. The molecular formula is C15H19N5O2S. The van der Waals surface area contributed by atoms with E-state index in [0.29, 0.717) is 6.54 Å². The third-order valence-corrected chi connectivity index (χ3v) is 4.37. The fourth-order valence-corrected chi connectivity index (χ4v) is 2.73. The molecule has 8 heteroatoms. The first-order chi connectivity index (χ1) is 10.9. The van der Waals surface area contributed by atoms with Crippen LogP contribution in [-0.4, -0.2) is 38.5 Å². The number of carbonyl (C=O) groups excluding carboxylic acids is 1. The Bertz CT molecular complexity index is 775. The zero-order valence-electron chi connectivity index (χ0n) is 13.3. The van der Waals surface area contributed by atoms with Crippen LogP contribution in [0.3, 0.4) is 0 Å². The van der Waals surface area contributed by atoms with Crippen LogP contribution in [0.4, 0.5) is 0 Å². The number of amides is 1. The number of thioether (sulfide) groups is 1. The molecule has 0 aliphatic rings. The molecule has 0 aliphatic carbocycles. The van der Waals surface area contributed by atoms with Crippen molar-refractivity contribution in [3.05, 3.63) is 51.4 Å². The van der Waals surface area contributed by atoms with Gasteiger partial charge in [0.1, 0.15) is 5.69 Å². The van der Waals surface area contributed by atoms with E-state index in [1.165, 1.54) is 6.92 Å². The second kappa shape index (κ2) is 7.28. The summed E-state index contributed by atoms with van der Waals surface area (Å²) in [6, 6.07) is 7.92. The van der Waals surface area contributed by atoms with Gasteiger partial charge in [0, 0.05) is 13.6 Å². The Labute approximate surface area is 138 Å². The highest BCUT2D eigenvalue weighted by Crippen LogP contribution is 2.14. The summed E-state index contributed by atoms with van der Waals surface area (Å²) in [5.41, 5.74) is 2.04. The van der Waals surface area contributed by atoms with Gasteiger partial charge in [-0.3, -0.25) is 9.59 Å². The first-order valence-corrected chi connectivity index (χ1v) is 8.01. The standard InChI is InChI=1S/C15H19N5O2S/c1-10-6-4-5-7-12(10)8-19(3)13(21)9-23-15-18-17-11(2)14(22)20(15)16/h4-7H,8-9,16H2,1-3H3. The van der Waals surface area contributed by atoms with Gasteiger partial charge in [0.25, 0.3) is 5.56 Å². The normalized spacial score (nSPS) is 10.6. The summed E-state index contributed by atoms with van der Waals surface area (Å²) in [5, 5.41) is 7.80. The number of hydrogen-bond donors (Lipinski definition) is 1. The third kappa shape index (κ3) is 4.10. The van der Waals surface area contributed by atoms with Crippen LogP contribution in [-0.2, 0) is 11.3 Å². The average molecular weight is 333 g/mol. The minimum atomic E-state index is -0.414. The number of nitrogens with two attached hydrogens (primary N) is 1. The highest BCUT2D eigenvalue weighted by Gasteiger charge is 2.14. The molecule has 1 amide bonds. The predicted molar refractivity (Wildman–Crippen MR) is 89.6 cm³/mol. The number of nitrogen functional groups attached to an aromatic ring is 1. The van der Waals surface area contributed by atoms with Crippen molar-refractivity contribution < 1.29 is 4.79 Å². The second-order valence-corrected chi connectivity index (χ2v) is 6.15. The van der Waals surface area contributed by atoms with Gasteiger partial charge in [-0.1, -0.05) is 36.0 Å². The predicted octanol–water partition coefficient (Wildman–Crippen LogP) is 0.720. The Morgan fingerprint density at radius 2 is 2.00 bits per heavy atom. The lowest BCUT2D eigenvalue weighted by molar-refractivity contribution is -0.127. The van der Waals surface area contributed by atoms with E-state index in [-0.39, 0.29) is 22.5 Å². The van der Waals surface area contributed by atoms with Crippen molar-refractivity contribution in [2.75, 3.05) is 18.6 Å². The first-order valence-electron chi connectivity index (χ1n) is 7.03. The van der Waals surface area contributed by atoms with Gasteiger partial charge < -0.3 is 10.7 Å². The minimum absolute atomic E-state index is 0.0759. The van der Waals surface area contributed by atoms with Crippen LogP contribution >= 0.6 is 11.8 Å². The Balaban J connectivity index is 1.98. The van der Waals surface area contributed by atoms with Crippen molar-refractivity contribution in [3.8, 4) is 0 Å². The lowest BCUT2D eigenvalue weighted by Crippen LogP contribution is -2.33. The highest BCUT2D eigenvalue weighted by atomic mass is 32.2. The molecule has 0 saturated heterocycles. The van der Waals surface area contributed by atoms with Gasteiger partial charge in [-0.25, -0.2) is 0 Å². The minimum Gasteiger partial charge on any atom is -0.341 e. The maximum atomic E-state index is 12.2. The van der Waals surface area contributed by atoms with Crippen molar-refractivity contribution in [1.29, 1.82) is 0 Å². The molecule has 7 nitrogen and oxygen atoms in total. The Morgan fingerprint density at radius 1 is 1.30 bits per heavy atom. The van der Waals surface area contributed by atoms with E-state index in [1.54, 1.807) is 11.9 Å². The van der Waals surface area contributed by atoms with Crippen molar-refractivity contribution in [3.63, 3.8) is 0 Å². The van der Waals surface area contributed by atoms with Crippen LogP contribution in [0, 0.1) is 13.8 Å². The molecule has 122 valence electrons. The number of nitrogens with zero attached hydrogens (tertiary/aromatic N) is 4. The van der Waals surface area contributed by atoms with Gasteiger partial charge in [-0.15, -0.1) is 10.2 Å². The molecular weight excluding hydrogens is 314 g/mol. The Kier molecular flexibility index (Phi) is 5.38. The fourth-order valence-electron chi connectivity index (χ4n) is 1.94. The molecule has 1 aromatic heterocycles. The second-order valence-electron chi connectivity index (χ2n) is 5.21. The fraction of sp³-hybridized carbons (Fsp3) is 0.333. The summed E-state index contributed by atoms with van der Waals surface area (Å²) in [7, 11) is 1.74. The molecule has 2 N–H and O–H groups in total. The maximum Gasteiger partial charge on any atom is 0.294 e. The van der Waals surface area contributed by atoms with Gasteiger partial charge in [-0.05, 0) is 25.0 Å². The molecule has 0 atom stereocenters. The molecule has 2 rings (SSSR count). The van der Waals surface area contributed by atoms with Crippen LogP contribution in [0.25, 0.3) is 0 Å². The van der Waals surface area contributed by atoms with Crippen LogP contribution < -0.4 is 11.4 Å². The number of rotatable bonds is 5. The van der Waals surface area contributed by atoms with E-state index in [2.05, 4.69) is 10.2 Å².